The molecule has 0 aromatic carbocycles. The minimum Gasteiger partial charge on any atom is -0.461 e. The van der Waals surface area contributed by atoms with Gasteiger partial charge in [-0.3, -0.25) is 0 Å². The molecule has 0 radical (unpaired) electrons. The van der Waals surface area contributed by atoms with Crippen molar-refractivity contribution in [2.24, 2.45) is 0 Å². The lowest BCUT2D eigenvalue weighted by atomic mass is 10.5. The minimum atomic E-state index is -2.59. The van der Waals surface area contributed by atoms with Crippen molar-refractivity contribution < 1.29 is 18.6 Å². The second-order valence-electron chi connectivity index (χ2n) is 3.91. The lowest BCUT2D eigenvalue weighted by Gasteiger charge is -2.21. The fourth-order valence-electron chi connectivity index (χ4n) is 1.29. The van der Waals surface area contributed by atoms with Crippen LogP contribution < -0.4 is 9.64 Å². The molecule has 0 aliphatic heterocycles. The summed E-state index contributed by atoms with van der Waals surface area (Å²) in [7, 11) is 0. The molecule has 1 aromatic heterocycles. The molecule has 0 atom stereocenters. The fraction of sp³-hybridized carbons (Fsp3) is 0.700. The summed E-state index contributed by atoms with van der Waals surface area (Å²) >= 11 is 5.70. The third-order valence-corrected chi connectivity index (χ3v) is 2.10. The molecule has 0 bridgehead atoms. The Bertz CT molecular complexity index is 409. The van der Waals surface area contributed by atoms with Gasteiger partial charge in [0.1, 0.15) is 0 Å². The highest BCUT2D eigenvalue weighted by atomic mass is 35.5. The largest absolute Gasteiger partial charge is 0.461 e. The monoisotopic (exact) mass is 296 g/mol. The van der Waals surface area contributed by atoms with E-state index in [1.54, 1.807) is 13.8 Å². The fourth-order valence-corrected chi connectivity index (χ4v) is 1.44. The van der Waals surface area contributed by atoms with Crippen LogP contribution in [0.15, 0.2) is 0 Å². The van der Waals surface area contributed by atoms with E-state index in [0.29, 0.717) is 0 Å². The van der Waals surface area contributed by atoms with E-state index < -0.39 is 13.0 Å². The summed E-state index contributed by atoms with van der Waals surface area (Å²) in [6.07, 6.45) is -2.77. The van der Waals surface area contributed by atoms with Gasteiger partial charge in [-0.2, -0.15) is 15.0 Å². The molecular formula is C10H15ClF2N4O2. The molecule has 6 nitrogen and oxygen atoms in total. The maximum atomic E-state index is 12.4. The van der Waals surface area contributed by atoms with Gasteiger partial charge in [-0.1, -0.05) is 0 Å². The van der Waals surface area contributed by atoms with Crippen molar-refractivity contribution in [3.63, 3.8) is 0 Å². The van der Waals surface area contributed by atoms with Crippen molar-refractivity contribution in [3.8, 4) is 6.01 Å². The van der Waals surface area contributed by atoms with Gasteiger partial charge in [0.15, 0.2) is 0 Å². The Labute approximate surface area is 114 Å². The molecular weight excluding hydrogens is 282 g/mol. The molecule has 19 heavy (non-hydrogen) atoms. The van der Waals surface area contributed by atoms with Gasteiger partial charge in [0, 0.05) is 6.54 Å². The Morgan fingerprint density at radius 1 is 1.32 bits per heavy atom. The number of ether oxygens (including phenoxy) is 1. The molecule has 0 saturated carbocycles. The summed E-state index contributed by atoms with van der Waals surface area (Å²) in [5.41, 5.74) is 0. The number of hydrogen-bond acceptors (Lipinski definition) is 6. The van der Waals surface area contributed by atoms with Gasteiger partial charge in [0.05, 0.1) is 19.3 Å². The van der Waals surface area contributed by atoms with Crippen molar-refractivity contribution in [3.05, 3.63) is 5.28 Å². The average molecular weight is 297 g/mol. The van der Waals surface area contributed by atoms with Crippen molar-refractivity contribution in [2.45, 2.75) is 26.4 Å². The van der Waals surface area contributed by atoms with Crippen LogP contribution >= 0.6 is 11.6 Å². The Balaban J connectivity index is 2.97. The summed E-state index contributed by atoms with van der Waals surface area (Å²) in [4.78, 5) is 12.5. The molecule has 9 heteroatoms. The summed E-state index contributed by atoms with van der Waals surface area (Å²) in [5.74, 6) is -0.0509. The molecule has 1 aromatic rings. The second-order valence-corrected chi connectivity index (χ2v) is 4.25. The van der Waals surface area contributed by atoms with Crippen molar-refractivity contribution >= 4 is 17.5 Å². The van der Waals surface area contributed by atoms with Crippen LogP contribution in [-0.2, 0) is 0 Å². The van der Waals surface area contributed by atoms with Crippen molar-refractivity contribution in [1.82, 2.24) is 15.0 Å². The van der Waals surface area contributed by atoms with Gasteiger partial charge >= 0.3 is 6.01 Å². The molecule has 0 aliphatic rings. The van der Waals surface area contributed by atoms with Gasteiger partial charge < -0.3 is 14.7 Å². The number of alkyl halides is 2. The number of hydrogen-bond donors (Lipinski definition) is 1. The quantitative estimate of drug-likeness (QED) is 0.819. The summed E-state index contributed by atoms with van der Waals surface area (Å²) in [6, 6.07) is -0.0396. The first-order valence-electron chi connectivity index (χ1n) is 5.64. The van der Waals surface area contributed by atoms with Gasteiger partial charge in [0.25, 0.3) is 6.43 Å². The predicted octanol–water partition coefficient (Wildman–Crippen LogP) is 1.38. The third-order valence-electron chi connectivity index (χ3n) is 1.93. The van der Waals surface area contributed by atoms with E-state index in [0.717, 1.165) is 4.90 Å². The first kappa shape index (κ1) is 15.8. The highest BCUT2D eigenvalue weighted by Crippen LogP contribution is 2.16. The van der Waals surface area contributed by atoms with E-state index in [9.17, 15) is 8.78 Å². The van der Waals surface area contributed by atoms with E-state index >= 15 is 0 Å². The lowest BCUT2D eigenvalue weighted by molar-refractivity contribution is 0.152. The minimum absolute atomic E-state index is 0.0359. The molecule has 0 spiro atoms. The smallest absolute Gasteiger partial charge is 0.322 e. The predicted molar refractivity (Wildman–Crippen MR) is 65.9 cm³/mol. The number of halogens is 3. The highest BCUT2D eigenvalue weighted by molar-refractivity contribution is 6.28. The van der Waals surface area contributed by atoms with Crippen molar-refractivity contribution in [2.75, 3.05) is 24.6 Å². The van der Waals surface area contributed by atoms with Gasteiger partial charge in [-0.25, -0.2) is 8.78 Å². The Morgan fingerprint density at radius 2 is 2.00 bits per heavy atom. The molecule has 0 saturated heterocycles. The van der Waals surface area contributed by atoms with E-state index in [1.165, 1.54) is 0 Å². The topological polar surface area (TPSA) is 71.4 Å². The van der Waals surface area contributed by atoms with E-state index in [4.69, 9.17) is 21.4 Å². The lowest BCUT2D eigenvalue weighted by Crippen LogP contribution is -2.33. The molecule has 0 aliphatic carbocycles. The average Bonchev–Trinajstić information content (AvgIpc) is 2.26. The number of rotatable bonds is 7. The van der Waals surface area contributed by atoms with Gasteiger partial charge in [-0.15, -0.1) is 0 Å². The molecule has 1 rings (SSSR count). The maximum Gasteiger partial charge on any atom is 0.322 e. The van der Waals surface area contributed by atoms with E-state index in [1.807, 2.05) is 0 Å². The van der Waals surface area contributed by atoms with Crippen LogP contribution in [0.2, 0.25) is 5.28 Å². The summed E-state index contributed by atoms with van der Waals surface area (Å²) < 4.78 is 30.1. The number of anilines is 1. The molecule has 0 fully saturated rings. The Hall–Kier alpha value is -1.28. The van der Waals surface area contributed by atoms with E-state index in [-0.39, 0.29) is 36.5 Å². The van der Waals surface area contributed by atoms with Gasteiger partial charge in [0.2, 0.25) is 11.2 Å². The van der Waals surface area contributed by atoms with Crippen LogP contribution in [0.4, 0.5) is 14.7 Å². The van der Waals surface area contributed by atoms with Crippen LogP contribution in [-0.4, -0.2) is 52.3 Å². The Morgan fingerprint density at radius 3 is 2.53 bits per heavy atom. The number of aliphatic hydroxyl groups excluding tert-OH is 1. The maximum absolute atomic E-state index is 12.4. The summed E-state index contributed by atoms with van der Waals surface area (Å²) in [5, 5.41) is 8.72. The summed E-state index contributed by atoms with van der Waals surface area (Å²) in [6.45, 7) is 2.58. The molecule has 1 N–H and O–H groups in total. The zero-order valence-electron chi connectivity index (χ0n) is 10.6. The normalized spacial score (nSPS) is 11.2. The molecule has 0 amide bonds. The highest BCUT2D eigenvalue weighted by Gasteiger charge is 2.17. The SMILES string of the molecule is CC(C)Oc1nc(Cl)nc(N(CCO)CC(F)F)n1. The second kappa shape index (κ2) is 7.34. The van der Waals surface area contributed by atoms with Crippen LogP contribution in [0, 0.1) is 0 Å². The molecule has 0 unspecified atom stereocenters. The number of nitrogens with zero attached hydrogens (tertiary/aromatic N) is 4. The zero-order valence-corrected chi connectivity index (χ0v) is 11.3. The molecule has 108 valence electrons. The van der Waals surface area contributed by atoms with Gasteiger partial charge in [-0.05, 0) is 25.4 Å². The Kier molecular flexibility index (Phi) is 6.10. The van der Waals surface area contributed by atoms with E-state index in [2.05, 4.69) is 15.0 Å². The van der Waals surface area contributed by atoms with Crippen LogP contribution in [0.3, 0.4) is 0 Å². The molecule has 1 heterocycles. The van der Waals surface area contributed by atoms with Crippen molar-refractivity contribution in [1.29, 1.82) is 0 Å². The number of aromatic nitrogens is 3. The zero-order chi connectivity index (χ0) is 14.4. The first-order valence-corrected chi connectivity index (χ1v) is 6.02. The number of aliphatic hydroxyl groups is 1. The van der Waals surface area contributed by atoms with Crippen LogP contribution in [0.25, 0.3) is 0 Å². The third kappa shape index (κ3) is 5.48. The standard InChI is InChI=1S/C10H15ClF2N4O2/c1-6(2)19-10-15-8(11)14-9(16-10)17(3-4-18)5-7(12)13/h6-7,18H,3-5H2,1-2H3. The first-order chi connectivity index (χ1) is 8.92. The van der Waals surface area contributed by atoms with Crippen LogP contribution in [0.1, 0.15) is 13.8 Å². The van der Waals surface area contributed by atoms with Crippen LogP contribution in [0.5, 0.6) is 6.01 Å².